The van der Waals surface area contributed by atoms with Gasteiger partial charge in [-0.05, 0) is 49.4 Å². The van der Waals surface area contributed by atoms with E-state index in [2.05, 4.69) is 27.8 Å². The van der Waals surface area contributed by atoms with E-state index in [0.29, 0.717) is 39.7 Å². The summed E-state index contributed by atoms with van der Waals surface area (Å²) < 4.78 is 11.1. The number of thiazole rings is 1. The van der Waals surface area contributed by atoms with Crippen LogP contribution in [0, 0.1) is 0 Å². The Balaban J connectivity index is 1.19. The fourth-order valence-corrected chi connectivity index (χ4v) is 5.33. The Morgan fingerprint density at radius 3 is 2.84 bits per heavy atom. The van der Waals surface area contributed by atoms with E-state index in [0.717, 1.165) is 24.8 Å². The molecule has 190 valence electrons. The van der Waals surface area contributed by atoms with E-state index in [-0.39, 0.29) is 30.7 Å². The highest BCUT2D eigenvalue weighted by Crippen LogP contribution is 2.30. The molecule has 2 aromatic heterocycles. The van der Waals surface area contributed by atoms with Crippen LogP contribution < -0.4 is 21.0 Å². The highest BCUT2D eigenvalue weighted by atomic mass is 32.1. The molecule has 0 saturated heterocycles. The Bertz CT molecular complexity index is 1510. The van der Waals surface area contributed by atoms with E-state index >= 15 is 0 Å². The number of hydrogen-bond acceptors (Lipinski definition) is 7. The van der Waals surface area contributed by atoms with Crippen molar-refractivity contribution in [3.63, 3.8) is 0 Å². The van der Waals surface area contributed by atoms with Crippen molar-refractivity contribution in [3.05, 3.63) is 75.5 Å². The van der Waals surface area contributed by atoms with Gasteiger partial charge in [0.2, 0.25) is 11.8 Å². The summed E-state index contributed by atoms with van der Waals surface area (Å²) in [5.74, 6) is 0.0375. The van der Waals surface area contributed by atoms with Gasteiger partial charge < -0.3 is 19.8 Å². The van der Waals surface area contributed by atoms with E-state index in [1.54, 1.807) is 17.5 Å². The predicted molar refractivity (Wildman–Crippen MR) is 143 cm³/mol. The van der Waals surface area contributed by atoms with Crippen LogP contribution in [0.1, 0.15) is 49.8 Å². The van der Waals surface area contributed by atoms with Gasteiger partial charge in [0.05, 0.1) is 23.9 Å². The topological polar surface area (TPSA) is 111 Å². The molecule has 0 spiro atoms. The zero-order valence-electron chi connectivity index (χ0n) is 20.4. The fraction of sp³-hybridized carbons (Fsp3) is 0.286. The van der Waals surface area contributed by atoms with Crippen molar-refractivity contribution in [2.24, 2.45) is 0 Å². The van der Waals surface area contributed by atoms with Crippen molar-refractivity contribution in [2.75, 3.05) is 11.9 Å². The summed E-state index contributed by atoms with van der Waals surface area (Å²) >= 11 is 1.20. The summed E-state index contributed by atoms with van der Waals surface area (Å²) in [6.07, 6.45) is 3.06. The highest BCUT2D eigenvalue weighted by molar-refractivity contribution is 7.14. The van der Waals surface area contributed by atoms with Crippen LogP contribution >= 0.6 is 11.3 Å². The molecular formula is C28H27N3O5S. The van der Waals surface area contributed by atoms with Gasteiger partial charge in [0.25, 0.3) is 0 Å². The van der Waals surface area contributed by atoms with Crippen LogP contribution in [0.25, 0.3) is 22.2 Å². The van der Waals surface area contributed by atoms with E-state index in [4.69, 9.17) is 9.15 Å². The van der Waals surface area contributed by atoms with Gasteiger partial charge in [0, 0.05) is 23.6 Å². The monoisotopic (exact) mass is 517 g/mol. The lowest BCUT2D eigenvalue weighted by atomic mass is 9.87. The quantitative estimate of drug-likeness (QED) is 0.310. The smallest absolute Gasteiger partial charge is 0.345 e. The first kappa shape index (κ1) is 24.7. The number of ether oxygens (including phenoxy) is 1. The van der Waals surface area contributed by atoms with Crippen LogP contribution in [-0.2, 0) is 16.0 Å². The lowest BCUT2D eigenvalue weighted by molar-refractivity contribution is -0.125. The van der Waals surface area contributed by atoms with Gasteiger partial charge >= 0.3 is 5.63 Å². The van der Waals surface area contributed by atoms with E-state index in [9.17, 15) is 14.4 Å². The number of rotatable bonds is 8. The lowest BCUT2D eigenvalue weighted by Crippen LogP contribution is -2.31. The molecule has 2 aromatic carbocycles. The number of hydrogen-bond donors (Lipinski definition) is 2. The molecule has 4 aromatic rings. The number of carbonyl (C=O) groups excluding carboxylic acids is 2. The van der Waals surface area contributed by atoms with Crippen LogP contribution in [0.2, 0.25) is 0 Å². The second kappa shape index (κ2) is 11.0. The van der Waals surface area contributed by atoms with Crippen LogP contribution in [0.3, 0.4) is 0 Å². The number of fused-ring (bicyclic) bond motifs is 2. The van der Waals surface area contributed by atoms with Crippen molar-refractivity contribution >= 4 is 39.3 Å². The summed E-state index contributed by atoms with van der Waals surface area (Å²) in [5, 5.41) is 8.54. The molecule has 0 unspecified atom stereocenters. The number of aromatic nitrogens is 1. The number of nitrogens with zero attached hydrogens (tertiary/aromatic N) is 1. The lowest BCUT2D eigenvalue weighted by Gasteiger charge is -2.26. The molecule has 1 aliphatic carbocycles. The molecule has 0 radical (unpaired) electrons. The third-order valence-electron chi connectivity index (χ3n) is 6.33. The minimum Gasteiger partial charge on any atom is -0.490 e. The minimum absolute atomic E-state index is 0.0136. The molecule has 1 atom stereocenters. The molecule has 8 nitrogen and oxygen atoms in total. The van der Waals surface area contributed by atoms with Gasteiger partial charge in [-0.1, -0.05) is 36.4 Å². The third-order valence-corrected chi connectivity index (χ3v) is 7.09. The van der Waals surface area contributed by atoms with Crippen LogP contribution in [0.15, 0.2) is 63.1 Å². The number of aryl methyl sites for hydroxylation is 1. The van der Waals surface area contributed by atoms with Crippen LogP contribution in [0.5, 0.6) is 5.75 Å². The van der Waals surface area contributed by atoms with Crippen molar-refractivity contribution < 1.29 is 18.7 Å². The average molecular weight is 518 g/mol. The first-order valence-electron chi connectivity index (χ1n) is 12.3. The molecule has 0 saturated carbocycles. The molecule has 5 rings (SSSR count). The van der Waals surface area contributed by atoms with Gasteiger partial charge in [-0.3, -0.25) is 9.59 Å². The van der Waals surface area contributed by atoms with Crippen LogP contribution in [0.4, 0.5) is 5.13 Å². The molecule has 37 heavy (non-hydrogen) atoms. The van der Waals surface area contributed by atoms with Crippen LogP contribution in [-0.4, -0.2) is 23.4 Å². The number of benzene rings is 2. The molecule has 2 amide bonds. The number of para-hydroxylation sites is 1. The average Bonchev–Trinajstić information content (AvgIpc) is 3.36. The Hall–Kier alpha value is -3.98. The highest BCUT2D eigenvalue weighted by Gasteiger charge is 2.22. The van der Waals surface area contributed by atoms with E-state index in [1.807, 2.05) is 31.2 Å². The zero-order chi connectivity index (χ0) is 25.8. The normalized spacial score (nSPS) is 14.7. The number of anilines is 1. The summed E-state index contributed by atoms with van der Waals surface area (Å²) in [6.45, 7) is 2.31. The maximum Gasteiger partial charge on any atom is 0.345 e. The Kier molecular flexibility index (Phi) is 7.32. The molecular weight excluding hydrogens is 490 g/mol. The van der Waals surface area contributed by atoms with Gasteiger partial charge in [0.1, 0.15) is 0 Å². The van der Waals surface area contributed by atoms with Crippen molar-refractivity contribution in [2.45, 2.75) is 45.1 Å². The molecule has 9 heteroatoms. The van der Waals surface area contributed by atoms with Gasteiger partial charge in [0.15, 0.2) is 16.5 Å². The molecule has 0 fully saturated rings. The Labute approximate surface area is 217 Å². The second-order valence-electron chi connectivity index (χ2n) is 8.85. The maximum atomic E-state index is 12.7. The van der Waals surface area contributed by atoms with E-state index in [1.165, 1.54) is 16.9 Å². The van der Waals surface area contributed by atoms with Gasteiger partial charge in [-0.2, -0.15) is 0 Å². The second-order valence-corrected chi connectivity index (χ2v) is 9.71. The summed E-state index contributed by atoms with van der Waals surface area (Å²) in [5.41, 5.74) is 2.98. The minimum atomic E-state index is -0.538. The largest absolute Gasteiger partial charge is 0.490 e. The van der Waals surface area contributed by atoms with Crippen molar-refractivity contribution in [3.8, 4) is 17.0 Å². The SMILES string of the molecule is CCOc1cccc2cc(-c3csc(NC(=O)CCC(=O)N[C@@H]4CCCc5ccccc54)n3)c(=O)oc12. The number of carbonyl (C=O) groups is 2. The Morgan fingerprint density at radius 1 is 1.14 bits per heavy atom. The van der Waals surface area contributed by atoms with Crippen molar-refractivity contribution in [1.29, 1.82) is 0 Å². The van der Waals surface area contributed by atoms with Gasteiger partial charge in [-0.15, -0.1) is 11.3 Å². The fourth-order valence-electron chi connectivity index (χ4n) is 4.60. The summed E-state index contributed by atoms with van der Waals surface area (Å²) in [7, 11) is 0. The predicted octanol–water partition coefficient (Wildman–Crippen LogP) is 5.23. The molecule has 0 aliphatic heterocycles. The van der Waals surface area contributed by atoms with Gasteiger partial charge in [-0.25, -0.2) is 9.78 Å². The van der Waals surface area contributed by atoms with Crippen molar-refractivity contribution in [1.82, 2.24) is 10.3 Å². The van der Waals surface area contributed by atoms with E-state index < -0.39 is 5.63 Å². The standard InChI is InChI=1S/C28H27N3O5S/c1-2-35-23-12-6-9-18-15-20(27(34)36-26(18)23)22-16-37-28(30-22)31-25(33)14-13-24(32)29-21-11-5-8-17-7-3-4-10-19(17)21/h3-4,6-7,9-10,12,15-16,21H,2,5,8,11,13-14H2,1H3,(H,29,32)(H,30,31,33)/t21-/m1/s1. The zero-order valence-corrected chi connectivity index (χ0v) is 21.2. The Morgan fingerprint density at radius 2 is 1.97 bits per heavy atom. The molecule has 2 heterocycles. The number of nitrogens with one attached hydrogen (secondary N) is 2. The number of amides is 2. The molecule has 2 N–H and O–H groups in total. The summed E-state index contributed by atoms with van der Waals surface area (Å²) in [4.78, 5) is 42.0. The molecule has 1 aliphatic rings. The maximum absolute atomic E-state index is 12.7. The first-order chi connectivity index (χ1) is 18.0. The third kappa shape index (κ3) is 5.56. The summed E-state index contributed by atoms with van der Waals surface area (Å²) in [6, 6.07) is 15.3. The first-order valence-corrected chi connectivity index (χ1v) is 13.2. The molecule has 0 bridgehead atoms.